The van der Waals surface area contributed by atoms with Crippen molar-refractivity contribution in [2.75, 3.05) is 5.32 Å². The average molecular weight is 316 g/mol. The van der Waals surface area contributed by atoms with Gasteiger partial charge >= 0.3 is 0 Å². The number of thiophene rings is 1. The van der Waals surface area contributed by atoms with Gasteiger partial charge < -0.3 is 10.4 Å². The van der Waals surface area contributed by atoms with E-state index in [0.717, 1.165) is 16.9 Å². The Morgan fingerprint density at radius 1 is 1.21 bits per heavy atom. The van der Waals surface area contributed by atoms with Gasteiger partial charge in [0.05, 0.1) is 9.90 Å². The number of anilines is 1. The number of benzene rings is 1. The average Bonchev–Trinajstić information content (AvgIpc) is 2.65. The molecule has 0 radical (unpaired) electrons. The van der Waals surface area contributed by atoms with Crippen LogP contribution in [0.15, 0.2) is 18.2 Å². The minimum Gasteiger partial charge on any atom is -0.508 e. The second-order valence-electron chi connectivity index (χ2n) is 4.15. The van der Waals surface area contributed by atoms with Crippen LogP contribution in [0.25, 0.3) is 0 Å². The number of hydrogen-bond donors (Lipinski definition) is 2. The molecule has 0 spiro atoms. The van der Waals surface area contributed by atoms with E-state index in [1.165, 1.54) is 6.07 Å². The van der Waals surface area contributed by atoms with Gasteiger partial charge in [-0.05, 0) is 43.2 Å². The number of phenolic OH excluding ortho intramolecular Hbond substituents is 1. The number of hydrogen-bond acceptors (Lipinski definition) is 3. The van der Waals surface area contributed by atoms with Crippen LogP contribution in [0, 0.1) is 13.8 Å². The first kappa shape index (κ1) is 14.2. The summed E-state index contributed by atoms with van der Waals surface area (Å²) < 4.78 is 0.824. The lowest BCUT2D eigenvalue weighted by Gasteiger charge is -2.10. The number of aromatic hydroxyl groups is 1. The molecule has 0 saturated carbocycles. The molecule has 0 aliphatic heterocycles. The van der Waals surface area contributed by atoms with Gasteiger partial charge in [0.2, 0.25) is 0 Å². The van der Waals surface area contributed by atoms with Gasteiger partial charge in [-0.25, -0.2) is 0 Å². The predicted octanol–water partition coefficient (Wildman–Crippen LogP) is 4.63. The summed E-state index contributed by atoms with van der Waals surface area (Å²) in [6.07, 6.45) is 0. The van der Waals surface area contributed by atoms with Crippen molar-refractivity contribution in [3.8, 4) is 5.75 Å². The molecule has 1 aromatic heterocycles. The number of carbonyl (C=O) groups is 1. The highest BCUT2D eigenvalue weighted by atomic mass is 35.5. The molecule has 0 atom stereocenters. The maximum atomic E-state index is 12.1. The van der Waals surface area contributed by atoms with Crippen LogP contribution in [0.3, 0.4) is 0 Å². The number of rotatable bonds is 2. The number of nitrogens with one attached hydrogen (secondary N) is 1. The van der Waals surface area contributed by atoms with Gasteiger partial charge in [-0.2, -0.15) is 0 Å². The molecule has 19 heavy (non-hydrogen) atoms. The summed E-state index contributed by atoms with van der Waals surface area (Å²) in [6, 6.07) is 4.85. The molecule has 3 nitrogen and oxygen atoms in total. The van der Waals surface area contributed by atoms with Crippen molar-refractivity contribution in [3.63, 3.8) is 0 Å². The van der Waals surface area contributed by atoms with E-state index in [4.69, 9.17) is 23.2 Å². The molecular formula is C13H11Cl2NO2S. The standard InChI is InChI=1S/C13H11Cl2NO2S/c1-6-4-10(17)7(2)3-9(6)16-13(18)8-5-11(14)19-12(8)15/h3-5,17H,1-2H3,(H,16,18). The second-order valence-corrected chi connectivity index (χ2v) is 6.43. The van der Waals surface area contributed by atoms with E-state index in [-0.39, 0.29) is 11.7 Å². The van der Waals surface area contributed by atoms with E-state index < -0.39 is 0 Å². The molecule has 0 aliphatic rings. The molecule has 6 heteroatoms. The summed E-state index contributed by atoms with van der Waals surface area (Å²) in [7, 11) is 0. The molecule has 2 N–H and O–H groups in total. The Morgan fingerprint density at radius 3 is 2.47 bits per heavy atom. The number of phenols is 1. The van der Waals surface area contributed by atoms with Crippen LogP contribution in [0.1, 0.15) is 21.5 Å². The minimum absolute atomic E-state index is 0.201. The zero-order valence-electron chi connectivity index (χ0n) is 10.3. The van der Waals surface area contributed by atoms with Crippen molar-refractivity contribution < 1.29 is 9.90 Å². The van der Waals surface area contributed by atoms with Crippen molar-refractivity contribution in [1.29, 1.82) is 0 Å². The van der Waals surface area contributed by atoms with Crippen molar-refractivity contribution in [2.24, 2.45) is 0 Å². The molecule has 100 valence electrons. The first-order valence-electron chi connectivity index (χ1n) is 5.45. The summed E-state index contributed by atoms with van der Waals surface area (Å²) in [4.78, 5) is 12.1. The first-order chi connectivity index (χ1) is 8.88. The molecule has 2 aromatic rings. The van der Waals surface area contributed by atoms with Crippen LogP contribution < -0.4 is 5.32 Å². The topological polar surface area (TPSA) is 49.3 Å². The molecule has 2 rings (SSSR count). The summed E-state index contributed by atoms with van der Waals surface area (Å²) in [6.45, 7) is 3.57. The fourth-order valence-corrected chi connectivity index (χ4v) is 3.08. The Labute approximate surface area is 124 Å². The van der Waals surface area contributed by atoms with Gasteiger partial charge in [0, 0.05) is 5.69 Å². The number of carbonyl (C=O) groups excluding carboxylic acids is 1. The fourth-order valence-electron chi connectivity index (χ4n) is 1.62. The summed E-state index contributed by atoms with van der Waals surface area (Å²) in [5.41, 5.74) is 2.45. The third-order valence-corrected chi connectivity index (χ3v) is 4.18. The van der Waals surface area contributed by atoms with Gasteiger partial charge in [-0.15, -0.1) is 11.3 Å². The zero-order chi connectivity index (χ0) is 14.2. The maximum Gasteiger partial charge on any atom is 0.258 e. The van der Waals surface area contributed by atoms with E-state index >= 15 is 0 Å². The van der Waals surface area contributed by atoms with Crippen molar-refractivity contribution >= 4 is 46.1 Å². The van der Waals surface area contributed by atoms with Crippen molar-refractivity contribution in [3.05, 3.63) is 43.6 Å². The van der Waals surface area contributed by atoms with Crippen LogP contribution in [0.2, 0.25) is 8.67 Å². The van der Waals surface area contributed by atoms with E-state index in [2.05, 4.69) is 5.32 Å². The lowest BCUT2D eigenvalue weighted by molar-refractivity contribution is 0.102. The summed E-state index contributed by atoms with van der Waals surface area (Å²) in [5, 5.41) is 12.3. The Hall–Kier alpha value is -1.23. The lowest BCUT2D eigenvalue weighted by atomic mass is 10.1. The van der Waals surface area contributed by atoms with Gasteiger partial charge in [-0.3, -0.25) is 4.79 Å². The van der Waals surface area contributed by atoms with Crippen LogP contribution in [0.4, 0.5) is 5.69 Å². The molecule has 1 aromatic carbocycles. The van der Waals surface area contributed by atoms with Gasteiger partial charge in [0.15, 0.2) is 0 Å². The van der Waals surface area contributed by atoms with E-state index in [1.54, 1.807) is 26.0 Å². The van der Waals surface area contributed by atoms with E-state index in [1.807, 2.05) is 0 Å². The zero-order valence-corrected chi connectivity index (χ0v) is 12.6. The van der Waals surface area contributed by atoms with Crippen molar-refractivity contribution in [2.45, 2.75) is 13.8 Å². The van der Waals surface area contributed by atoms with Crippen molar-refractivity contribution in [1.82, 2.24) is 0 Å². The molecule has 1 heterocycles. The fraction of sp³-hybridized carbons (Fsp3) is 0.154. The smallest absolute Gasteiger partial charge is 0.258 e. The first-order valence-corrected chi connectivity index (χ1v) is 7.02. The third kappa shape index (κ3) is 3.03. The number of aryl methyl sites for hydroxylation is 2. The third-order valence-electron chi connectivity index (χ3n) is 2.69. The summed E-state index contributed by atoms with van der Waals surface area (Å²) >= 11 is 12.9. The Bertz CT molecular complexity index is 652. The summed E-state index contributed by atoms with van der Waals surface area (Å²) in [5.74, 6) is -0.117. The molecule has 0 bridgehead atoms. The van der Waals surface area contributed by atoms with Crippen LogP contribution in [-0.2, 0) is 0 Å². The number of halogens is 2. The number of amides is 1. The molecule has 0 saturated heterocycles. The molecule has 1 amide bonds. The maximum absolute atomic E-state index is 12.1. The van der Waals surface area contributed by atoms with Gasteiger partial charge in [0.1, 0.15) is 10.1 Å². The highest BCUT2D eigenvalue weighted by Crippen LogP contribution is 2.32. The second kappa shape index (κ2) is 5.41. The predicted molar refractivity (Wildman–Crippen MR) is 79.9 cm³/mol. The molecule has 0 unspecified atom stereocenters. The highest BCUT2D eigenvalue weighted by Gasteiger charge is 2.15. The monoisotopic (exact) mass is 315 g/mol. The molecule has 0 aliphatic carbocycles. The SMILES string of the molecule is Cc1cc(NC(=O)c2cc(Cl)sc2Cl)c(C)cc1O. The normalized spacial score (nSPS) is 10.5. The van der Waals surface area contributed by atoms with E-state index in [0.29, 0.717) is 25.5 Å². The van der Waals surface area contributed by atoms with Gasteiger partial charge in [-0.1, -0.05) is 23.2 Å². The van der Waals surface area contributed by atoms with Crippen LogP contribution in [0.5, 0.6) is 5.75 Å². The Balaban J connectivity index is 2.29. The quantitative estimate of drug-likeness (QED) is 0.794. The Kier molecular flexibility index (Phi) is 4.04. The van der Waals surface area contributed by atoms with Crippen LogP contribution >= 0.6 is 34.5 Å². The molecular weight excluding hydrogens is 305 g/mol. The Morgan fingerprint density at radius 2 is 1.89 bits per heavy atom. The van der Waals surface area contributed by atoms with E-state index in [9.17, 15) is 9.90 Å². The van der Waals surface area contributed by atoms with Gasteiger partial charge in [0.25, 0.3) is 5.91 Å². The largest absolute Gasteiger partial charge is 0.508 e. The lowest BCUT2D eigenvalue weighted by Crippen LogP contribution is -2.12. The highest BCUT2D eigenvalue weighted by molar-refractivity contribution is 7.20. The molecule has 0 fully saturated rings. The minimum atomic E-state index is -0.318. The van der Waals surface area contributed by atoms with Crippen LogP contribution in [-0.4, -0.2) is 11.0 Å².